The molecule has 1 aliphatic carbocycles. The van der Waals surface area contributed by atoms with Gasteiger partial charge in [0.25, 0.3) is 0 Å². The Kier molecular flexibility index (Phi) is 3.69. The number of anilines is 1. The molecule has 20 heavy (non-hydrogen) atoms. The van der Waals surface area contributed by atoms with Crippen molar-refractivity contribution in [3.05, 3.63) is 45.3 Å². The smallest absolute Gasteiger partial charge is 0.338 e. The first-order chi connectivity index (χ1) is 9.76. The van der Waals surface area contributed by atoms with Crippen LogP contribution in [0.25, 0.3) is 0 Å². The van der Waals surface area contributed by atoms with E-state index in [1.807, 2.05) is 11.3 Å². The Labute approximate surface area is 121 Å². The topological polar surface area (TPSA) is 51.2 Å². The standard InChI is InChI=1S/C15H16N2O2S/c1-19-15(18)11-5-6-16-14(8-11)17-9-12-7-10-3-2-4-13(10)20-12/h5-8H,2-4,9H2,1H3,(H,16,17). The van der Waals surface area contributed by atoms with Crippen LogP contribution in [-0.2, 0) is 24.1 Å². The monoisotopic (exact) mass is 288 g/mol. The maximum absolute atomic E-state index is 11.5. The largest absolute Gasteiger partial charge is 0.465 e. The molecule has 5 heteroatoms. The average molecular weight is 288 g/mol. The number of pyridine rings is 1. The lowest BCUT2D eigenvalue weighted by Gasteiger charge is -2.05. The number of fused-ring (bicyclic) bond motifs is 1. The third-order valence-corrected chi connectivity index (χ3v) is 4.66. The van der Waals surface area contributed by atoms with Crippen LogP contribution in [0.15, 0.2) is 24.4 Å². The molecule has 0 saturated heterocycles. The summed E-state index contributed by atoms with van der Waals surface area (Å²) in [5, 5.41) is 3.26. The fraction of sp³-hybridized carbons (Fsp3) is 0.333. The molecule has 0 radical (unpaired) electrons. The van der Waals surface area contributed by atoms with E-state index in [4.69, 9.17) is 4.74 Å². The van der Waals surface area contributed by atoms with Crippen molar-refractivity contribution in [2.75, 3.05) is 12.4 Å². The van der Waals surface area contributed by atoms with E-state index in [1.165, 1.54) is 41.7 Å². The number of carbonyl (C=O) groups is 1. The zero-order valence-electron chi connectivity index (χ0n) is 11.3. The second-order valence-electron chi connectivity index (χ2n) is 4.79. The summed E-state index contributed by atoms with van der Waals surface area (Å²) in [6.07, 6.45) is 5.33. The molecule has 2 aromatic heterocycles. The van der Waals surface area contributed by atoms with Crippen molar-refractivity contribution in [1.29, 1.82) is 0 Å². The van der Waals surface area contributed by atoms with Crippen LogP contribution in [0.2, 0.25) is 0 Å². The van der Waals surface area contributed by atoms with Gasteiger partial charge in [0, 0.05) is 16.0 Å². The van der Waals surface area contributed by atoms with Crippen LogP contribution >= 0.6 is 11.3 Å². The van der Waals surface area contributed by atoms with Gasteiger partial charge in [-0.3, -0.25) is 0 Å². The first-order valence-corrected chi connectivity index (χ1v) is 7.46. The van der Waals surface area contributed by atoms with Crippen LogP contribution < -0.4 is 5.32 Å². The second kappa shape index (κ2) is 5.63. The highest BCUT2D eigenvalue weighted by molar-refractivity contribution is 7.12. The van der Waals surface area contributed by atoms with E-state index in [0.29, 0.717) is 11.4 Å². The molecule has 1 aliphatic rings. The number of esters is 1. The number of hydrogen-bond donors (Lipinski definition) is 1. The number of nitrogens with one attached hydrogen (secondary N) is 1. The molecule has 0 amide bonds. The maximum Gasteiger partial charge on any atom is 0.338 e. The van der Waals surface area contributed by atoms with Crippen LogP contribution in [0, 0.1) is 0 Å². The predicted octanol–water partition coefficient (Wildman–Crippen LogP) is 3.03. The van der Waals surface area contributed by atoms with E-state index in [1.54, 1.807) is 18.3 Å². The van der Waals surface area contributed by atoms with E-state index < -0.39 is 0 Å². The van der Waals surface area contributed by atoms with Gasteiger partial charge in [-0.1, -0.05) is 0 Å². The Morgan fingerprint density at radius 2 is 2.35 bits per heavy atom. The fourth-order valence-electron chi connectivity index (χ4n) is 2.43. The van der Waals surface area contributed by atoms with Crippen molar-refractivity contribution in [2.24, 2.45) is 0 Å². The molecule has 0 fully saturated rings. The molecule has 0 atom stereocenters. The fourth-order valence-corrected chi connectivity index (χ4v) is 3.63. The number of ether oxygens (including phenoxy) is 1. The average Bonchev–Trinajstić information content (AvgIpc) is 3.05. The first-order valence-electron chi connectivity index (χ1n) is 6.65. The summed E-state index contributed by atoms with van der Waals surface area (Å²) in [6, 6.07) is 5.65. The lowest BCUT2D eigenvalue weighted by atomic mass is 10.2. The van der Waals surface area contributed by atoms with Gasteiger partial charge in [-0.25, -0.2) is 9.78 Å². The van der Waals surface area contributed by atoms with Crippen LogP contribution in [0.3, 0.4) is 0 Å². The summed E-state index contributed by atoms with van der Waals surface area (Å²) in [5.74, 6) is 0.354. The van der Waals surface area contributed by atoms with E-state index in [9.17, 15) is 4.79 Å². The van der Waals surface area contributed by atoms with E-state index in [2.05, 4.69) is 16.4 Å². The lowest BCUT2D eigenvalue weighted by Crippen LogP contribution is -2.04. The Balaban J connectivity index is 1.67. The van der Waals surface area contributed by atoms with Gasteiger partial charge in [0.15, 0.2) is 0 Å². The highest BCUT2D eigenvalue weighted by Crippen LogP contribution is 2.30. The summed E-state index contributed by atoms with van der Waals surface area (Å²) >= 11 is 1.87. The number of nitrogens with zero attached hydrogens (tertiary/aromatic N) is 1. The third-order valence-electron chi connectivity index (χ3n) is 3.42. The molecule has 0 aromatic carbocycles. The number of methoxy groups -OCH3 is 1. The quantitative estimate of drug-likeness (QED) is 0.879. The molecule has 0 unspecified atom stereocenters. The van der Waals surface area contributed by atoms with Gasteiger partial charge in [-0.05, 0) is 43.0 Å². The molecule has 2 aromatic rings. The Hall–Kier alpha value is -1.88. The zero-order chi connectivity index (χ0) is 13.9. The number of aryl methyl sites for hydroxylation is 2. The molecule has 3 rings (SSSR count). The molecule has 0 aliphatic heterocycles. The Morgan fingerprint density at radius 3 is 3.15 bits per heavy atom. The van der Waals surface area contributed by atoms with Gasteiger partial charge < -0.3 is 10.1 Å². The van der Waals surface area contributed by atoms with Crippen molar-refractivity contribution in [3.8, 4) is 0 Å². The minimum Gasteiger partial charge on any atom is -0.465 e. The minimum atomic E-state index is -0.342. The van der Waals surface area contributed by atoms with Gasteiger partial charge in [-0.2, -0.15) is 0 Å². The highest BCUT2D eigenvalue weighted by Gasteiger charge is 2.14. The molecule has 4 nitrogen and oxygen atoms in total. The van der Waals surface area contributed by atoms with E-state index in [-0.39, 0.29) is 5.97 Å². The van der Waals surface area contributed by atoms with Crippen molar-refractivity contribution < 1.29 is 9.53 Å². The molecule has 0 spiro atoms. The molecule has 0 saturated carbocycles. The molecular formula is C15H16N2O2S. The molecule has 2 heterocycles. The van der Waals surface area contributed by atoms with Crippen LogP contribution in [0.4, 0.5) is 5.82 Å². The number of aromatic nitrogens is 1. The molecule has 0 bridgehead atoms. The Bertz CT molecular complexity index is 615. The van der Waals surface area contributed by atoms with Crippen molar-refractivity contribution >= 4 is 23.1 Å². The third kappa shape index (κ3) is 2.67. The summed E-state index contributed by atoms with van der Waals surface area (Å²) in [7, 11) is 1.38. The van der Waals surface area contributed by atoms with Crippen LogP contribution in [-0.4, -0.2) is 18.1 Å². The molecular weight excluding hydrogens is 272 g/mol. The number of carbonyl (C=O) groups excluding carboxylic acids is 1. The SMILES string of the molecule is COC(=O)c1ccnc(NCc2cc3c(s2)CCC3)c1. The van der Waals surface area contributed by atoms with Crippen LogP contribution in [0.5, 0.6) is 0 Å². The van der Waals surface area contributed by atoms with Gasteiger partial charge in [0.2, 0.25) is 0 Å². The maximum atomic E-state index is 11.5. The van der Waals surface area contributed by atoms with Gasteiger partial charge in [-0.15, -0.1) is 11.3 Å². The van der Waals surface area contributed by atoms with Gasteiger partial charge >= 0.3 is 5.97 Å². The summed E-state index contributed by atoms with van der Waals surface area (Å²) in [4.78, 5) is 18.5. The number of hydrogen-bond acceptors (Lipinski definition) is 5. The number of thiophene rings is 1. The lowest BCUT2D eigenvalue weighted by molar-refractivity contribution is 0.0600. The van der Waals surface area contributed by atoms with Crippen molar-refractivity contribution in [2.45, 2.75) is 25.8 Å². The van der Waals surface area contributed by atoms with Crippen molar-refractivity contribution in [3.63, 3.8) is 0 Å². The van der Waals surface area contributed by atoms with Gasteiger partial charge in [0.05, 0.1) is 19.2 Å². The van der Waals surface area contributed by atoms with E-state index in [0.717, 1.165) is 6.54 Å². The Morgan fingerprint density at radius 1 is 1.45 bits per heavy atom. The number of rotatable bonds is 4. The highest BCUT2D eigenvalue weighted by atomic mass is 32.1. The van der Waals surface area contributed by atoms with Crippen molar-refractivity contribution in [1.82, 2.24) is 4.98 Å². The summed E-state index contributed by atoms with van der Waals surface area (Å²) in [5.41, 5.74) is 2.02. The van der Waals surface area contributed by atoms with Crippen LogP contribution in [0.1, 0.15) is 32.1 Å². The molecule has 104 valence electrons. The van der Waals surface area contributed by atoms with E-state index >= 15 is 0 Å². The summed E-state index contributed by atoms with van der Waals surface area (Å²) < 4.78 is 4.70. The predicted molar refractivity (Wildman–Crippen MR) is 79.2 cm³/mol. The minimum absolute atomic E-state index is 0.342. The zero-order valence-corrected chi connectivity index (χ0v) is 12.1. The van der Waals surface area contributed by atoms with Gasteiger partial charge in [0.1, 0.15) is 5.82 Å². The summed E-state index contributed by atoms with van der Waals surface area (Å²) in [6.45, 7) is 0.745. The molecule has 1 N–H and O–H groups in total. The first kappa shape index (κ1) is 13.1. The normalized spacial score (nSPS) is 13.1. The second-order valence-corrected chi connectivity index (χ2v) is 6.01.